The van der Waals surface area contributed by atoms with E-state index in [1.165, 1.54) is 17.8 Å². The van der Waals surface area contributed by atoms with Gasteiger partial charge in [-0.3, -0.25) is 9.55 Å². The molecule has 0 aliphatic rings. The van der Waals surface area contributed by atoms with Gasteiger partial charge >= 0.3 is 6.18 Å². The Morgan fingerprint density at radius 1 is 0.941 bits per heavy atom. The summed E-state index contributed by atoms with van der Waals surface area (Å²) in [6.07, 6.45) is -2.06. The van der Waals surface area contributed by atoms with E-state index < -0.39 is 11.7 Å². The third kappa shape index (κ3) is 5.88. The molecular formula is C24H21F3N4O2S. The lowest BCUT2D eigenvalue weighted by atomic mass is 10.2. The summed E-state index contributed by atoms with van der Waals surface area (Å²) in [5, 5.41) is 8.91. The molecule has 0 saturated carbocycles. The Bertz CT molecular complexity index is 1220. The molecule has 6 nitrogen and oxygen atoms in total. The van der Waals surface area contributed by atoms with Gasteiger partial charge in [-0.1, -0.05) is 23.9 Å². The minimum Gasteiger partial charge on any atom is -0.497 e. The second-order valence-electron chi connectivity index (χ2n) is 7.17. The number of hydrogen-bond donors (Lipinski definition) is 0. The number of ether oxygens (including phenoxy) is 2. The maximum Gasteiger partial charge on any atom is 0.416 e. The van der Waals surface area contributed by atoms with Crippen molar-refractivity contribution in [3.05, 3.63) is 90.0 Å². The second kappa shape index (κ2) is 10.6. The van der Waals surface area contributed by atoms with Gasteiger partial charge in [0, 0.05) is 17.6 Å². The molecule has 0 N–H and O–H groups in total. The number of alkyl halides is 3. The Hall–Kier alpha value is -3.53. The van der Waals surface area contributed by atoms with Crippen LogP contribution in [0.25, 0.3) is 5.69 Å². The first-order valence-corrected chi connectivity index (χ1v) is 11.3. The maximum absolute atomic E-state index is 13.3. The summed E-state index contributed by atoms with van der Waals surface area (Å²) in [7, 11) is 1.57. The SMILES string of the molecule is COc1ccc(OCc2nnc(SCCc3ccccn3)n2-c2cccc(C(F)(F)F)c2)cc1. The average molecular weight is 487 g/mol. The molecule has 2 aromatic carbocycles. The van der Waals surface area contributed by atoms with Crippen LogP contribution in [0.1, 0.15) is 17.1 Å². The fourth-order valence-electron chi connectivity index (χ4n) is 3.18. The zero-order chi connectivity index (χ0) is 24.0. The van der Waals surface area contributed by atoms with Crippen molar-refractivity contribution in [1.82, 2.24) is 19.7 Å². The average Bonchev–Trinajstić information content (AvgIpc) is 3.26. The Morgan fingerprint density at radius 3 is 2.44 bits per heavy atom. The number of hydrogen-bond acceptors (Lipinski definition) is 6. The summed E-state index contributed by atoms with van der Waals surface area (Å²) in [4.78, 5) is 4.30. The van der Waals surface area contributed by atoms with E-state index in [4.69, 9.17) is 9.47 Å². The molecule has 4 aromatic rings. The van der Waals surface area contributed by atoms with Gasteiger partial charge in [0.05, 0.1) is 18.4 Å². The van der Waals surface area contributed by atoms with Gasteiger partial charge in [-0.2, -0.15) is 13.2 Å². The molecule has 0 bridgehead atoms. The molecule has 0 unspecified atom stereocenters. The van der Waals surface area contributed by atoms with E-state index in [2.05, 4.69) is 15.2 Å². The summed E-state index contributed by atoms with van der Waals surface area (Å²) in [5.74, 6) is 2.28. The molecule has 2 heterocycles. The number of thioether (sulfide) groups is 1. The van der Waals surface area contributed by atoms with Crippen LogP contribution in [0, 0.1) is 0 Å². The van der Waals surface area contributed by atoms with Crippen LogP contribution in [0.15, 0.2) is 78.1 Å². The summed E-state index contributed by atoms with van der Waals surface area (Å²) < 4.78 is 52.6. The number of pyridine rings is 1. The third-order valence-corrected chi connectivity index (χ3v) is 5.81. The molecule has 0 fully saturated rings. The fraction of sp³-hybridized carbons (Fsp3) is 0.208. The van der Waals surface area contributed by atoms with E-state index in [0.717, 1.165) is 17.8 Å². The van der Waals surface area contributed by atoms with Crippen molar-refractivity contribution in [3.8, 4) is 17.2 Å². The number of benzene rings is 2. The zero-order valence-corrected chi connectivity index (χ0v) is 19.0. The van der Waals surface area contributed by atoms with Crippen molar-refractivity contribution >= 4 is 11.8 Å². The minimum atomic E-state index is -4.46. The summed E-state index contributed by atoms with van der Waals surface area (Å²) in [6, 6.07) is 17.8. The molecule has 34 heavy (non-hydrogen) atoms. The molecule has 176 valence electrons. The number of nitrogens with zero attached hydrogens (tertiary/aromatic N) is 4. The van der Waals surface area contributed by atoms with Crippen LogP contribution in [-0.2, 0) is 19.2 Å². The van der Waals surface area contributed by atoms with Gasteiger partial charge < -0.3 is 9.47 Å². The first kappa shape index (κ1) is 23.6. The van der Waals surface area contributed by atoms with E-state index in [1.54, 1.807) is 48.2 Å². The number of methoxy groups -OCH3 is 1. The van der Waals surface area contributed by atoms with Crippen molar-refractivity contribution in [2.45, 2.75) is 24.4 Å². The summed E-state index contributed by atoms with van der Waals surface area (Å²) in [5.41, 5.74) is 0.488. The highest BCUT2D eigenvalue weighted by Crippen LogP contribution is 2.32. The normalized spacial score (nSPS) is 11.4. The molecule has 10 heteroatoms. The van der Waals surface area contributed by atoms with Gasteiger partial charge in [-0.15, -0.1) is 10.2 Å². The lowest BCUT2D eigenvalue weighted by Crippen LogP contribution is -2.10. The number of rotatable bonds is 9. The smallest absolute Gasteiger partial charge is 0.416 e. The van der Waals surface area contributed by atoms with Crippen LogP contribution in [-0.4, -0.2) is 32.6 Å². The lowest BCUT2D eigenvalue weighted by Gasteiger charge is -2.13. The molecular weight excluding hydrogens is 465 g/mol. The van der Waals surface area contributed by atoms with E-state index in [0.29, 0.717) is 40.3 Å². The van der Waals surface area contributed by atoms with Crippen LogP contribution in [0.5, 0.6) is 11.5 Å². The fourth-order valence-corrected chi connectivity index (χ4v) is 4.11. The van der Waals surface area contributed by atoms with Crippen molar-refractivity contribution in [1.29, 1.82) is 0 Å². The predicted molar refractivity (Wildman–Crippen MR) is 122 cm³/mol. The molecule has 0 spiro atoms. The Kier molecular flexibility index (Phi) is 7.36. The molecule has 2 aromatic heterocycles. The highest BCUT2D eigenvalue weighted by atomic mass is 32.2. The number of aromatic nitrogens is 4. The van der Waals surface area contributed by atoms with Crippen molar-refractivity contribution in [3.63, 3.8) is 0 Å². The highest BCUT2D eigenvalue weighted by molar-refractivity contribution is 7.99. The van der Waals surface area contributed by atoms with Gasteiger partial charge in [-0.05, 0) is 61.0 Å². The molecule has 0 amide bonds. The van der Waals surface area contributed by atoms with Crippen LogP contribution in [0.3, 0.4) is 0 Å². The first-order chi connectivity index (χ1) is 16.4. The van der Waals surface area contributed by atoms with Gasteiger partial charge in [0.2, 0.25) is 0 Å². The van der Waals surface area contributed by atoms with Crippen LogP contribution in [0.4, 0.5) is 13.2 Å². The van der Waals surface area contributed by atoms with E-state index in [1.807, 2.05) is 18.2 Å². The van der Waals surface area contributed by atoms with Crippen molar-refractivity contribution < 1.29 is 22.6 Å². The van der Waals surface area contributed by atoms with Crippen LogP contribution < -0.4 is 9.47 Å². The zero-order valence-electron chi connectivity index (χ0n) is 18.2. The largest absolute Gasteiger partial charge is 0.497 e. The third-order valence-electron chi connectivity index (χ3n) is 4.87. The molecule has 0 radical (unpaired) electrons. The standard InChI is InChI=1S/C24H21F3N4O2S/c1-32-20-8-10-21(11-9-20)33-16-22-29-30-23(34-14-12-18-6-2-3-13-28-18)31(22)19-7-4-5-17(15-19)24(25,26)27/h2-11,13,15H,12,14,16H2,1H3. The summed E-state index contributed by atoms with van der Waals surface area (Å²) in [6.45, 7) is 0.0242. The Balaban J connectivity index is 1.58. The molecule has 0 aliphatic heterocycles. The minimum absolute atomic E-state index is 0.0242. The molecule has 0 atom stereocenters. The summed E-state index contributed by atoms with van der Waals surface area (Å²) >= 11 is 1.39. The molecule has 4 rings (SSSR count). The van der Waals surface area contributed by atoms with Crippen LogP contribution >= 0.6 is 11.8 Å². The van der Waals surface area contributed by atoms with Gasteiger partial charge in [0.1, 0.15) is 18.1 Å². The van der Waals surface area contributed by atoms with Crippen molar-refractivity contribution in [2.75, 3.05) is 12.9 Å². The predicted octanol–water partition coefficient (Wildman–Crippen LogP) is 5.60. The topological polar surface area (TPSA) is 62.1 Å². The quantitative estimate of drug-likeness (QED) is 0.287. The van der Waals surface area contributed by atoms with E-state index in [9.17, 15) is 13.2 Å². The second-order valence-corrected chi connectivity index (χ2v) is 8.23. The van der Waals surface area contributed by atoms with E-state index in [-0.39, 0.29) is 6.61 Å². The Labute approximate surface area is 198 Å². The Morgan fingerprint density at radius 2 is 1.74 bits per heavy atom. The van der Waals surface area contributed by atoms with Crippen LogP contribution in [0.2, 0.25) is 0 Å². The van der Waals surface area contributed by atoms with Gasteiger partial charge in [0.15, 0.2) is 11.0 Å². The van der Waals surface area contributed by atoms with Crippen molar-refractivity contribution in [2.24, 2.45) is 0 Å². The molecule has 0 aliphatic carbocycles. The van der Waals surface area contributed by atoms with Gasteiger partial charge in [0.25, 0.3) is 0 Å². The highest BCUT2D eigenvalue weighted by Gasteiger charge is 2.31. The number of halogens is 3. The molecule has 0 saturated heterocycles. The monoisotopic (exact) mass is 486 g/mol. The lowest BCUT2D eigenvalue weighted by molar-refractivity contribution is -0.137. The van der Waals surface area contributed by atoms with E-state index >= 15 is 0 Å². The van der Waals surface area contributed by atoms with Gasteiger partial charge in [-0.25, -0.2) is 0 Å². The number of aryl methyl sites for hydroxylation is 1. The maximum atomic E-state index is 13.3. The first-order valence-electron chi connectivity index (χ1n) is 10.4.